The Balaban J connectivity index is 1.49. The van der Waals surface area contributed by atoms with Crippen LogP contribution in [0.5, 0.6) is 23.0 Å². The van der Waals surface area contributed by atoms with Crippen LogP contribution in [0.1, 0.15) is 24.5 Å². The number of ether oxygens (including phenoxy) is 6. The zero-order valence-electron chi connectivity index (χ0n) is 24.7. The van der Waals surface area contributed by atoms with Crippen molar-refractivity contribution in [3.05, 3.63) is 47.5 Å². The average molecular weight is 641 g/mol. The fourth-order valence-corrected chi connectivity index (χ4v) is 5.12. The summed E-state index contributed by atoms with van der Waals surface area (Å²) < 4.78 is 33.5. The van der Waals surface area contributed by atoms with Crippen LogP contribution in [0.15, 0.2) is 36.4 Å². The van der Waals surface area contributed by atoms with Crippen molar-refractivity contribution < 1.29 is 74.1 Å². The van der Waals surface area contributed by atoms with Crippen LogP contribution < -0.4 is 4.74 Å². The summed E-state index contributed by atoms with van der Waals surface area (Å²) in [4.78, 5) is 13.0. The van der Waals surface area contributed by atoms with E-state index in [2.05, 4.69) is 0 Å². The molecule has 45 heavy (non-hydrogen) atoms. The molecule has 0 radical (unpaired) electrons. The molecule has 0 spiro atoms. The van der Waals surface area contributed by atoms with Crippen molar-refractivity contribution in [2.75, 3.05) is 20.3 Å². The number of carbonyl (C=O) groups excluding carboxylic acids is 1. The zero-order valence-corrected chi connectivity index (χ0v) is 24.7. The molecule has 0 aromatic heterocycles. The molecule has 10 atom stereocenters. The van der Waals surface area contributed by atoms with E-state index in [1.54, 1.807) is 18.2 Å². The number of aliphatic hydroxyl groups excluding tert-OH is 5. The topological polar surface area (TPSA) is 234 Å². The molecular formula is C30H40O15. The summed E-state index contributed by atoms with van der Waals surface area (Å²) in [7, 11) is 1.40. The standard InChI is InChI=1S/C30H40O15/c1-14-23(36)24(37)25(38)30(42-14)45-28-26(39)29(41-10-9-16-3-6-17(32)18(33)11-16)43-21(13-31)27(28)44-22(35)8-5-15-4-7-20(40-2)19(34)12-15/h3-4,6-7,11-12,14,21,23-34,36-39H,5,8-10,13H2,1-2H3. The smallest absolute Gasteiger partial charge is 0.306 e. The van der Waals surface area contributed by atoms with Crippen molar-refractivity contribution in [2.45, 2.75) is 87.6 Å². The second-order valence-electron chi connectivity index (χ2n) is 10.9. The Morgan fingerprint density at radius 3 is 2.16 bits per heavy atom. The number of aryl methyl sites for hydroxylation is 1. The number of benzene rings is 2. The van der Waals surface area contributed by atoms with E-state index >= 15 is 0 Å². The predicted octanol–water partition coefficient (Wildman–Crippen LogP) is -0.793. The van der Waals surface area contributed by atoms with Gasteiger partial charge in [0.15, 0.2) is 41.7 Å². The van der Waals surface area contributed by atoms with E-state index in [-0.39, 0.29) is 48.9 Å². The molecule has 2 aromatic rings. The number of rotatable bonds is 12. The highest BCUT2D eigenvalue weighted by molar-refractivity contribution is 5.70. The summed E-state index contributed by atoms with van der Waals surface area (Å²) in [5.74, 6) is -1.23. The Kier molecular flexibility index (Phi) is 11.8. The molecular weight excluding hydrogens is 600 g/mol. The molecule has 0 aliphatic carbocycles. The molecule has 4 rings (SSSR count). The first-order chi connectivity index (χ1) is 21.4. The minimum absolute atomic E-state index is 0.0551. The molecule has 10 unspecified atom stereocenters. The second-order valence-corrected chi connectivity index (χ2v) is 10.9. The number of esters is 1. The molecule has 0 saturated carbocycles. The molecule has 2 aromatic carbocycles. The third kappa shape index (κ3) is 8.32. The fraction of sp³-hybridized carbons (Fsp3) is 0.567. The highest BCUT2D eigenvalue weighted by Crippen LogP contribution is 2.32. The number of aromatic hydroxyl groups is 3. The van der Waals surface area contributed by atoms with Gasteiger partial charge >= 0.3 is 5.97 Å². The maximum Gasteiger partial charge on any atom is 0.306 e. The minimum Gasteiger partial charge on any atom is -0.504 e. The first-order valence-corrected chi connectivity index (χ1v) is 14.4. The van der Waals surface area contributed by atoms with Gasteiger partial charge in [-0.1, -0.05) is 12.1 Å². The quantitative estimate of drug-likeness (QED) is 0.105. The van der Waals surface area contributed by atoms with Crippen LogP contribution in [0.25, 0.3) is 0 Å². The number of phenolic OH excluding ortho intramolecular Hbond substituents is 3. The lowest BCUT2D eigenvalue weighted by molar-refractivity contribution is -0.357. The monoisotopic (exact) mass is 640 g/mol. The maximum atomic E-state index is 13.0. The van der Waals surface area contributed by atoms with E-state index in [1.807, 2.05) is 0 Å². The van der Waals surface area contributed by atoms with Gasteiger partial charge in [-0.2, -0.15) is 0 Å². The third-order valence-corrected chi connectivity index (χ3v) is 7.74. The van der Waals surface area contributed by atoms with E-state index in [0.717, 1.165) is 0 Å². The van der Waals surface area contributed by atoms with Crippen LogP contribution in [0.2, 0.25) is 0 Å². The fourth-order valence-electron chi connectivity index (χ4n) is 5.12. The summed E-state index contributed by atoms with van der Waals surface area (Å²) in [6.07, 6.45) is -14.5. The van der Waals surface area contributed by atoms with Crippen LogP contribution >= 0.6 is 0 Å². The molecule has 15 heteroatoms. The van der Waals surface area contributed by atoms with E-state index in [4.69, 9.17) is 28.4 Å². The molecule has 2 heterocycles. The van der Waals surface area contributed by atoms with Crippen molar-refractivity contribution in [3.8, 4) is 23.0 Å². The van der Waals surface area contributed by atoms with Gasteiger partial charge in [-0.15, -0.1) is 0 Å². The highest BCUT2D eigenvalue weighted by Gasteiger charge is 2.52. The van der Waals surface area contributed by atoms with Gasteiger partial charge < -0.3 is 69.3 Å². The number of carbonyl (C=O) groups is 1. The van der Waals surface area contributed by atoms with Crippen molar-refractivity contribution in [1.29, 1.82) is 0 Å². The minimum atomic E-state index is -1.75. The largest absolute Gasteiger partial charge is 0.504 e. The Hall–Kier alpha value is -3.25. The number of methoxy groups -OCH3 is 1. The second kappa shape index (κ2) is 15.4. The van der Waals surface area contributed by atoms with Gasteiger partial charge in [-0.25, -0.2) is 0 Å². The molecule has 2 fully saturated rings. The van der Waals surface area contributed by atoms with Crippen LogP contribution in [0, 0.1) is 0 Å². The van der Waals surface area contributed by atoms with Crippen LogP contribution in [0.3, 0.4) is 0 Å². The van der Waals surface area contributed by atoms with Gasteiger partial charge in [0.05, 0.1) is 26.4 Å². The van der Waals surface area contributed by atoms with Gasteiger partial charge in [0.2, 0.25) is 0 Å². The molecule has 0 bridgehead atoms. The van der Waals surface area contributed by atoms with Gasteiger partial charge in [0.25, 0.3) is 0 Å². The van der Waals surface area contributed by atoms with Crippen LogP contribution in [-0.2, 0) is 41.3 Å². The van der Waals surface area contributed by atoms with Crippen molar-refractivity contribution >= 4 is 5.97 Å². The van der Waals surface area contributed by atoms with Crippen molar-refractivity contribution in [3.63, 3.8) is 0 Å². The van der Waals surface area contributed by atoms with Crippen LogP contribution in [-0.4, -0.2) is 129 Å². The lowest BCUT2D eigenvalue weighted by Crippen LogP contribution is -2.65. The summed E-state index contributed by atoms with van der Waals surface area (Å²) >= 11 is 0. The Morgan fingerprint density at radius 2 is 1.49 bits per heavy atom. The summed E-state index contributed by atoms with van der Waals surface area (Å²) in [6, 6.07) is 8.84. The maximum absolute atomic E-state index is 13.0. The summed E-state index contributed by atoms with van der Waals surface area (Å²) in [5.41, 5.74) is 1.20. The first-order valence-electron chi connectivity index (χ1n) is 14.4. The summed E-state index contributed by atoms with van der Waals surface area (Å²) in [6.45, 7) is 0.684. The molecule has 15 nitrogen and oxygen atoms in total. The van der Waals surface area contributed by atoms with Gasteiger partial charge in [-0.3, -0.25) is 4.79 Å². The molecule has 2 saturated heterocycles. The summed E-state index contributed by atoms with van der Waals surface area (Å²) in [5, 5.41) is 81.6. The van der Waals surface area contributed by atoms with Crippen LogP contribution in [0.4, 0.5) is 0 Å². The van der Waals surface area contributed by atoms with Crippen molar-refractivity contribution in [1.82, 2.24) is 0 Å². The predicted molar refractivity (Wildman–Crippen MR) is 151 cm³/mol. The van der Waals surface area contributed by atoms with Crippen molar-refractivity contribution in [2.24, 2.45) is 0 Å². The SMILES string of the molecule is COc1ccc(CCC(=O)OC2C(CO)OC(OCCc3ccc(O)c(O)c3)C(O)C2OC2OC(C)C(O)C(O)C2O)cc1O. The molecule has 8 N–H and O–H groups in total. The van der Waals surface area contributed by atoms with Gasteiger partial charge in [0.1, 0.15) is 36.6 Å². The van der Waals surface area contributed by atoms with Gasteiger partial charge in [0, 0.05) is 6.42 Å². The molecule has 2 aliphatic heterocycles. The Morgan fingerprint density at radius 1 is 0.800 bits per heavy atom. The number of aliphatic hydroxyl groups is 5. The van der Waals surface area contributed by atoms with E-state index in [9.17, 15) is 45.6 Å². The normalized spacial score (nSPS) is 31.8. The number of hydrogen-bond acceptors (Lipinski definition) is 15. The Bertz CT molecular complexity index is 1270. The number of phenols is 3. The number of hydrogen-bond donors (Lipinski definition) is 8. The Labute approximate surface area is 258 Å². The molecule has 250 valence electrons. The average Bonchev–Trinajstić information content (AvgIpc) is 3.02. The van der Waals surface area contributed by atoms with E-state index < -0.39 is 74.0 Å². The molecule has 0 amide bonds. The van der Waals surface area contributed by atoms with Gasteiger partial charge in [-0.05, 0) is 55.2 Å². The zero-order chi connectivity index (χ0) is 32.8. The lowest BCUT2D eigenvalue weighted by atomic mass is 9.97. The van der Waals surface area contributed by atoms with E-state index in [0.29, 0.717) is 11.1 Å². The molecule has 2 aliphatic rings. The third-order valence-electron chi connectivity index (χ3n) is 7.74. The first kappa shape index (κ1) is 34.6. The van der Waals surface area contributed by atoms with E-state index in [1.165, 1.54) is 32.2 Å². The lowest BCUT2D eigenvalue weighted by Gasteiger charge is -2.46. The highest BCUT2D eigenvalue weighted by atomic mass is 16.7.